The lowest BCUT2D eigenvalue weighted by atomic mass is 9.79. The number of para-hydroxylation sites is 1. The van der Waals surface area contributed by atoms with E-state index in [0.29, 0.717) is 17.6 Å². The van der Waals surface area contributed by atoms with Crippen molar-refractivity contribution >= 4 is 16.8 Å². The SMILES string of the molecule is O=C(NCC1(N2CCCCC2)CCCCC1)c1cc(=O)[nH]c2ccccc12. The number of nitrogens with zero attached hydrogens (tertiary/aromatic N) is 1. The number of aromatic amines is 1. The fourth-order valence-electron chi connectivity index (χ4n) is 4.92. The quantitative estimate of drug-likeness (QED) is 0.870. The largest absolute Gasteiger partial charge is 0.350 e. The zero-order valence-corrected chi connectivity index (χ0v) is 15.9. The minimum atomic E-state index is -0.234. The summed E-state index contributed by atoms with van der Waals surface area (Å²) in [5.74, 6) is -0.140. The normalized spacial score (nSPS) is 20.4. The number of hydrogen-bond donors (Lipinski definition) is 2. The standard InChI is InChI=1S/C22H29N3O2/c26-20-15-18(17-9-3-4-10-19(17)24-20)21(27)23-16-22(11-5-1-6-12-22)25-13-7-2-8-14-25/h3-4,9-10,15H,1-2,5-8,11-14,16H2,(H,23,27)(H,24,26). The Morgan fingerprint density at radius 2 is 1.74 bits per heavy atom. The fraction of sp³-hybridized carbons (Fsp3) is 0.545. The predicted octanol–water partition coefficient (Wildman–Crippen LogP) is 3.45. The van der Waals surface area contributed by atoms with Crippen molar-refractivity contribution in [1.29, 1.82) is 0 Å². The highest BCUT2D eigenvalue weighted by Gasteiger charge is 2.38. The summed E-state index contributed by atoms with van der Waals surface area (Å²) in [7, 11) is 0. The molecule has 27 heavy (non-hydrogen) atoms. The third-order valence-electron chi connectivity index (χ3n) is 6.38. The van der Waals surface area contributed by atoms with Gasteiger partial charge in [0.25, 0.3) is 5.91 Å². The highest BCUT2D eigenvalue weighted by Crippen LogP contribution is 2.35. The first-order valence-electron chi connectivity index (χ1n) is 10.3. The van der Waals surface area contributed by atoms with Crippen molar-refractivity contribution in [2.75, 3.05) is 19.6 Å². The molecule has 1 aliphatic carbocycles. The van der Waals surface area contributed by atoms with E-state index in [4.69, 9.17) is 0 Å². The van der Waals surface area contributed by atoms with E-state index in [-0.39, 0.29) is 17.0 Å². The Balaban J connectivity index is 1.56. The molecule has 0 bridgehead atoms. The monoisotopic (exact) mass is 367 g/mol. The van der Waals surface area contributed by atoms with Crippen molar-refractivity contribution in [1.82, 2.24) is 15.2 Å². The molecule has 5 nitrogen and oxygen atoms in total. The second-order valence-corrected chi connectivity index (χ2v) is 8.11. The number of aromatic nitrogens is 1. The van der Waals surface area contributed by atoms with Gasteiger partial charge in [0, 0.05) is 29.1 Å². The molecule has 1 aromatic carbocycles. The number of rotatable bonds is 4. The van der Waals surface area contributed by atoms with Gasteiger partial charge in [-0.2, -0.15) is 0 Å². The van der Waals surface area contributed by atoms with Gasteiger partial charge < -0.3 is 10.3 Å². The lowest BCUT2D eigenvalue weighted by molar-refractivity contribution is 0.0327. The molecule has 2 aliphatic rings. The third kappa shape index (κ3) is 3.79. The number of amides is 1. The van der Waals surface area contributed by atoms with Crippen molar-refractivity contribution in [3.8, 4) is 0 Å². The van der Waals surface area contributed by atoms with E-state index in [0.717, 1.165) is 31.3 Å². The van der Waals surface area contributed by atoms with Crippen LogP contribution in [0.5, 0.6) is 0 Å². The molecular weight excluding hydrogens is 338 g/mol. The van der Waals surface area contributed by atoms with Gasteiger partial charge in [-0.05, 0) is 44.8 Å². The molecule has 0 radical (unpaired) electrons. The lowest BCUT2D eigenvalue weighted by Crippen LogP contribution is -2.58. The third-order valence-corrected chi connectivity index (χ3v) is 6.38. The van der Waals surface area contributed by atoms with E-state index >= 15 is 0 Å². The van der Waals surface area contributed by atoms with Crippen LogP contribution in [0.1, 0.15) is 61.7 Å². The highest BCUT2D eigenvalue weighted by atomic mass is 16.2. The van der Waals surface area contributed by atoms with Crippen LogP contribution in [0.15, 0.2) is 35.1 Å². The van der Waals surface area contributed by atoms with Crippen molar-refractivity contribution in [3.63, 3.8) is 0 Å². The Kier molecular flexibility index (Phi) is 5.30. The van der Waals surface area contributed by atoms with Gasteiger partial charge in [-0.1, -0.05) is 43.9 Å². The van der Waals surface area contributed by atoms with E-state index < -0.39 is 0 Å². The van der Waals surface area contributed by atoms with E-state index in [2.05, 4.69) is 15.2 Å². The smallest absolute Gasteiger partial charge is 0.252 e. The molecule has 144 valence electrons. The lowest BCUT2D eigenvalue weighted by Gasteiger charge is -2.48. The predicted molar refractivity (Wildman–Crippen MR) is 108 cm³/mol. The Morgan fingerprint density at radius 3 is 2.52 bits per heavy atom. The van der Waals surface area contributed by atoms with E-state index in [1.165, 1.54) is 44.6 Å². The second-order valence-electron chi connectivity index (χ2n) is 8.11. The Labute approximate surface area is 160 Å². The number of carbonyl (C=O) groups excluding carboxylic acids is 1. The fourth-order valence-corrected chi connectivity index (χ4v) is 4.92. The van der Waals surface area contributed by atoms with Gasteiger partial charge in [-0.15, -0.1) is 0 Å². The average molecular weight is 367 g/mol. The van der Waals surface area contributed by atoms with Gasteiger partial charge >= 0.3 is 0 Å². The number of pyridine rings is 1. The number of hydrogen-bond acceptors (Lipinski definition) is 3. The average Bonchev–Trinajstić information content (AvgIpc) is 2.72. The topological polar surface area (TPSA) is 65.2 Å². The highest BCUT2D eigenvalue weighted by molar-refractivity contribution is 6.05. The minimum absolute atomic E-state index is 0.0886. The number of H-pyrrole nitrogens is 1. The van der Waals surface area contributed by atoms with Crippen LogP contribution in [0, 0.1) is 0 Å². The van der Waals surface area contributed by atoms with Crippen LogP contribution >= 0.6 is 0 Å². The van der Waals surface area contributed by atoms with E-state index in [1.54, 1.807) is 0 Å². The Hall–Kier alpha value is -2.14. The molecule has 2 N–H and O–H groups in total. The van der Waals surface area contributed by atoms with Crippen LogP contribution in [0.4, 0.5) is 0 Å². The van der Waals surface area contributed by atoms with Crippen molar-refractivity contribution in [3.05, 3.63) is 46.2 Å². The number of likely N-dealkylation sites (tertiary alicyclic amines) is 1. The number of benzene rings is 1. The maximum absolute atomic E-state index is 13.0. The zero-order valence-electron chi connectivity index (χ0n) is 15.9. The minimum Gasteiger partial charge on any atom is -0.350 e. The van der Waals surface area contributed by atoms with Crippen molar-refractivity contribution in [2.45, 2.75) is 56.9 Å². The summed E-state index contributed by atoms with van der Waals surface area (Å²) in [6.07, 6.45) is 9.91. The van der Waals surface area contributed by atoms with Gasteiger partial charge in [0.15, 0.2) is 0 Å². The first kappa shape index (κ1) is 18.2. The summed E-state index contributed by atoms with van der Waals surface area (Å²) >= 11 is 0. The van der Waals surface area contributed by atoms with Gasteiger partial charge in [0.2, 0.25) is 5.56 Å². The molecule has 2 aromatic rings. The molecule has 1 aromatic heterocycles. The summed E-state index contributed by atoms with van der Waals surface area (Å²) in [4.78, 5) is 30.4. The summed E-state index contributed by atoms with van der Waals surface area (Å²) in [6, 6.07) is 8.91. The molecule has 1 amide bonds. The van der Waals surface area contributed by atoms with Crippen molar-refractivity contribution in [2.24, 2.45) is 0 Å². The Morgan fingerprint density at radius 1 is 1.04 bits per heavy atom. The van der Waals surface area contributed by atoms with Crippen molar-refractivity contribution < 1.29 is 4.79 Å². The zero-order chi connectivity index (χ0) is 18.7. The molecule has 1 saturated carbocycles. The molecule has 5 heteroatoms. The van der Waals surface area contributed by atoms with Gasteiger partial charge in [-0.3, -0.25) is 14.5 Å². The molecule has 2 heterocycles. The molecular formula is C22H29N3O2. The summed E-state index contributed by atoms with van der Waals surface area (Å²) < 4.78 is 0. The number of nitrogens with one attached hydrogen (secondary N) is 2. The number of carbonyl (C=O) groups is 1. The molecule has 2 fully saturated rings. The first-order chi connectivity index (χ1) is 13.2. The van der Waals surface area contributed by atoms with Gasteiger partial charge in [-0.25, -0.2) is 0 Å². The molecule has 0 spiro atoms. The van der Waals surface area contributed by atoms with Gasteiger partial charge in [0.05, 0.1) is 5.56 Å². The maximum Gasteiger partial charge on any atom is 0.252 e. The number of fused-ring (bicyclic) bond motifs is 1. The van der Waals surface area contributed by atoms with Crippen LogP contribution in [0.2, 0.25) is 0 Å². The van der Waals surface area contributed by atoms with Crippen LogP contribution in [-0.4, -0.2) is 41.0 Å². The van der Waals surface area contributed by atoms with E-state index in [1.807, 2.05) is 24.3 Å². The summed E-state index contributed by atoms with van der Waals surface area (Å²) in [6.45, 7) is 2.96. The van der Waals surface area contributed by atoms with Crippen LogP contribution < -0.4 is 10.9 Å². The Bertz CT molecular complexity index is 861. The second kappa shape index (κ2) is 7.85. The van der Waals surface area contributed by atoms with Crippen LogP contribution in [-0.2, 0) is 0 Å². The summed E-state index contributed by atoms with van der Waals surface area (Å²) in [5, 5.41) is 3.99. The maximum atomic E-state index is 13.0. The molecule has 0 atom stereocenters. The first-order valence-corrected chi connectivity index (χ1v) is 10.3. The molecule has 4 rings (SSSR count). The number of piperidine rings is 1. The van der Waals surface area contributed by atoms with Crippen LogP contribution in [0.3, 0.4) is 0 Å². The van der Waals surface area contributed by atoms with Gasteiger partial charge in [0.1, 0.15) is 0 Å². The molecule has 0 unspecified atom stereocenters. The molecule has 1 aliphatic heterocycles. The summed E-state index contributed by atoms with van der Waals surface area (Å²) in [5.41, 5.74) is 1.03. The van der Waals surface area contributed by atoms with E-state index in [9.17, 15) is 9.59 Å². The van der Waals surface area contributed by atoms with Crippen LogP contribution in [0.25, 0.3) is 10.9 Å². The molecule has 1 saturated heterocycles.